The van der Waals surface area contributed by atoms with Gasteiger partial charge in [-0.05, 0) is 0 Å². The van der Waals surface area contributed by atoms with Crippen molar-refractivity contribution < 1.29 is 19.7 Å². The fourth-order valence-corrected chi connectivity index (χ4v) is 12.6. The molecule has 6 heteroatoms. The summed E-state index contributed by atoms with van der Waals surface area (Å²) >= 11 is 0.253. The topological polar surface area (TPSA) is 58.9 Å². The van der Waals surface area contributed by atoms with Gasteiger partial charge in [-0.2, -0.15) is 0 Å². The van der Waals surface area contributed by atoms with E-state index in [2.05, 4.69) is 24.3 Å². The molecule has 0 aromatic heterocycles. The molecule has 150 valence electrons. The van der Waals surface area contributed by atoms with E-state index >= 15 is 0 Å². The minimum atomic E-state index is -0.399. The number of aliphatic hydroxyl groups is 2. The predicted octanol–water partition coefficient (Wildman–Crippen LogP) is 1.72. The van der Waals surface area contributed by atoms with Crippen LogP contribution in [0.4, 0.5) is 0 Å². The van der Waals surface area contributed by atoms with Crippen LogP contribution < -0.4 is 18.4 Å². The van der Waals surface area contributed by atoms with Gasteiger partial charge in [0.15, 0.2) is 0 Å². The summed E-state index contributed by atoms with van der Waals surface area (Å²) in [5.41, 5.74) is 4.71. The third-order valence-corrected chi connectivity index (χ3v) is 12.8. The molecule has 0 fully saturated rings. The van der Waals surface area contributed by atoms with Crippen molar-refractivity contribution in [1.29, 1.82) is 0 Å². The maximum absolute atomic E-state index is 10.7. The number of aryl methyl sites for hydroxylation is 2. The normalized spacial score (nSPS) is 21.0. The average molecular weight is 512 g/mol. The Morgan fingerprint density at radius 2 is 1.18 bits per heavy atom. The van der Waals surface area contributed by atoms with Crippen LogP contribution in [0.3, 0.4) is 0 Å². The van der Waals surface area contributed by atoms with Gasteiger partial charge in [-0.1, -0.05) is 0 Å². The molecule has 28 heavy (non-hydrogen) atoms. The zero-order valence-corrected chi connectivity index (χ0v) is 19.7. The number of aliphatic hydroxyl groups excluding tert-OH is 2. The van der Waals surface area contributed by atoms with Crippen LogP contribution in [0.5, 0.6) is 11.5 Å². The zero-order valence-electron chi connectivity index (χ0n) is 16.2. The van der Waals surface area contributed by atoms with E-state index < -0.39 is 12.2 Å². The Balaban J connectivity index is 1.73. The summed E-state index contributed by atoms with van der Waals surface area (Å²) < 4.78 is 13.7. The number of hydrogen-bond donors (Lipinski definition) is 2. The summed E-state index contributed by atoms with van der Waals surface area (Å²) in [6.45, 7) is 0. The fraction of sp³-hybridized carbons (Fsp3) is 0.455. The zero-order chi connectivity index (χ0) is 19.7. The van der Waals surface area contributed by atoms with Gasteiger partial charge in [0.25, 0.3) is 0 Å². The second-order valence-electron chi connectivity index (χ2n) is 7.32. The van der Waals surface area contributed by atoms with Crippen LogP contribution in [-0.2, 0) is 12.8 Å². The Hall–Kier alpha value is -1.00. The summed E-state index contributed by atoms with van der Waals surface area (Å²) in [7, 11) is 3.41. The summed E-state index contributed by atoms with van der Waals surface area (Å²) in [4.78, 5) is 0. The third kappa shape index (κ3) is 3.75. The molecule has 4 nitrogen and oxygen atoms in total. The molecule has 0 heterocycles. The number of fused-ring (bicyclic) bond motifs is 2. The van der Waals surface area contributed by atoms with Crippen molar-refractivity contribution in [1.82, 2.24) is 0 Å². The minimum absolute atomic E-state index is 0.127. The molecule has 4 rings (SSSR count). The second kappa shape index (κ2) is 8.79. The molecule has 0 saturated heterocycles. The summed E-state index contributed by atoms with van der Waals surface area (Å²) in [6, 6.07) is 8.32. The fourth-order valence-electron chi connectivity index (χ4n) is 4.24. The van der Waals surface area contributed by atoms with E-state index in [1.54, 1.807) is 14.2 Å². The van der Waals surface area contributed by atoms with Gasteiger partial charge in [0.1, 0.15) is 0 Å². The first kappa shape index (κ1) is 20.3. The second-order valence-corrected chi connectivity index (χ2v) is 13.4. The molecule has 2 aromatic rings. The number of rotatable bonds is 5. The van der Waals surface area contributed by atoms with Gasteiger partial charge < -0.3 is 0 Å². The average Bonchev–Trinajstić information content (AvgIpc) is 2.71. The molecule has 2 N–H and O–H groups in total. The molecule has 0 bridgehead atoms. The SMILES string of the molecule is COc1ccc2c(c1[Se][Se]c1c(OC)ccc3c1[C@@H](O)CCC3)[C@@H](O)CCC2. The number of methoxy groups -OCH3 is 2. The van der Waals surface area contributed by atoms with Gasteiger partial charge in [-0.3, -0.25) is 0 Å². The van der Waals surface area contributed by atoms with Gasteiger partial charge in [0, 0.05) is 0 Å². The van der Waals surface area contributed by atoms with Crippen LogP contribution in [-0.4, -0.2) is 50.7 Å². The van der Waals surface area contributed by atoms with Crippen molar-refractivity contribution >= 4 is 35.2 Å². The molecular formula is C22H26O4Se2. The van der Waals surface area contributed by atoms with Crippen molar-refractivity contribution in [2.24, 2.45) is 0 Å². The van der Waals surface area contributed by atoms with E-state index in [0.717, 1.165) is 61.2 Å². The van der Waals surface area contributed by atoms with Crippen LogP contribution in [0.1, 0.15) is 60.1 Å². The molecule has 0 radical (unpaired) electrons. The number of benzene rings is 2. The van der Waals surface area contributed by atoms with Gasteiger partial charge >= 0.3 is 178 Å². The number of ether oxygens (including phenoxy) is 2. The van der Waals surface area contributed by atoms with E-state index in [0.29, 0.717) is 0 Å². The molecule has 0 saturated carbocycles. The standard InChI is InChI=1S/C22H26O4Se2/c1-25-17-11-9-13-5-3-7-15(23)19(13)21(17)27-28-22-18(26-2)12-10-14-6-4-8-16(24)20(14)22/h9-12,15-16,23-24H,3-8H2,1-2H3/t15-,16-/m0/s1. The molecule has 0 unspecified atom stereocenters. The van der Waals surface area contributed by atoms with Crippen LogP contribution in [0, 0.1) is 0 Å². The predicted molar refractivity (Wildman–Crippen MR) is 113 cm³/mol. The molecule has 0 spiro atoms. The Morgan fingerprint density at radius 1 is 0.750 bits per heavy atom. The summed E-state index contributed by atoms with van der Waals surface area (Å²) in [5, 5.41) is 21.4. The number of hydrogen-bond acceptors (Lipinski definition) is 4. The molecule has 2 aliphatic rings. The summed E-state index contributed by atoms with van der Waals surface area (Å²) in [5.74, 6) is 1.76. The first-order chi connectivity index (χ1) is 13.6. The van der Waals surface area contributed by atoms with Crippen molar-refractivity contribution in [2.75, 3.05) is 14.2 Å². The maximum atomic E-state index is 10.7. The first-order valence-electron chi connectivity index (χ1n) is 9.74. The van der Waals surface area contributed by atoms with Crippen molar-refractivity contribution in [2.45, 2.75) is 50.7 Å². The van der Waals surface area contributed by atoms with E-state index in [1.165, 1.54) is 20.1 Å². The van der Waals surface area contributed by atoms with E-state index in [9.17, 15) is 10.2 Å². The van der Waals surface area contributed by atoms with E-state index in [4.69, 9.17) is 9.47 Å². The molecule has 2 atom stereocenters. The van der Waals surface area contributed by atoms with Gasteiger partial charge in [0.2, 0.25) is 0 Å². The molecule has 0 aliphatic heterocycles. The van der Waals surface area contributed by atoms with Crippen LogP contribution in [0.2, 0.25) is 0 Å². The van der Waals surface area contributed by atoms with Gasteiger partial charge in [-0.15, -0.1) is 0 Å². The van der Waals surface area contributed by atoms with Crippen molar-refractivity contribution in [3.8, 4) is 11.5 Å². The Kier molecular flexibility index (Phi) is 6.36. The van der Waals surface area contributed by atoms with Crippen LogP contribution in [0.25, 0.3) is 0 Å². The van der Waals surface area contributed by atoms with Crippen LogP contribution in [0.15, 0.2) is 24.3 Å². The van der Waals surface area contributed by atoms with Crippen molar-refractivity contribution in [3.05, 3.63) is 46.5 Å². The van der Waals surface area contributed by atoms with E-state index in [-0.39, 0.29) is 26.3 Å². The van der Waals surface area contributed by atoms with Crippen molar-refractivity contribution in [3.63, 3.8) is 0 Å². The van der Waals surface area contributed by atoms with Crippen LogP contribution >= 0.6 is 0 Å². The van der Waals surface area contributed by atoms with E-state index in [1.807, 2.05) is 0 Å². The Bertz CT molecular complexity index is 797. The van der Waals surface area contributed by atoms with Gasteiger partial charge in [0.05, 0.1) is 0 Å². The summed E-state index contributed by atoms with van der Waals surface area (Å²) in [6.07, 6.45) is 4.95. The first-order valence-corrected chi connectivity index (χ1v) is 15.8. The Labute approximate surface area is 177 Å². The monoisotopic (exact) mass is 514 g/mol. The third-order valence-electron chi connectivity index (χ3n) is 5.66. The molecule has 2 aliphatic carbocycles. The molecule has 2 aromatic carbocycles. The van der Waals surface area contributed by atoms with Gasteiger partial charge in [-0.25, -0.2) is 0 Å². The quantitative estimate of drug-likeness (QED) is 0.600. The molecule has 0 amide bonds. The molecular weight excluding hydrogens is 486 g/mol. The Morgan fingerprint density at radius 3 is 1.57 bits per heavy atom.